The van der Waals surface area contributed by atoms with Crippen LogP contribution in [0.25, 0.3) is 11.2 Å². The van der Waals surface area contributed by atoms with Crippen molar-refractivity contribution in [1.82, 2.24) is 23.6 Å². The smallest absolute Gasteiger partial charge is 0.301 e. The van der Waals surface area contributed by atoms with E-state index in [4.69, 9.17) is 10.1 Å². The molecule has 4 rings (SSSR count). The zero-order valence-corrected chi connectivity index (χ0v) is 18.3. The number of hydrogen-bond acceptors (Lipinski definition) is 6. The highest BCUT2D eigenvalue weighted by molar-refractivity contribution is 5.91. The third-order valence-electron chi connectivity index (χ3n) is 6.26. The number of hydrogen-bond donors (Lipinski definition) is 0. The number of hydrazone groups is 1. The van der Waals surface area contributed by atoms with Crippen LogP contribution in [0.5, 0.6) is 0 Å². The second-order valence-electron chi connectivity index (χ2n) is 8.22. The number of likely N-dealkylation sites (tertiary alicyclic amines) is 1. The molecule has 4 heterocycles. The van der Waals surface area contributed by atoms with Gasteiger partial charge in [0, 0.05) is 20.1 Å². The van der Waals surface area contributed by atoms with Gasteiger partial charge in [0.05, 0.1) is 18.3 Å². The van der Waals surface area contributed by atoms with Crippen molar-refractivity contribution in [1.29, 1.82) is 0 Å². The molecule has 0 amide bonds. The van der Waals surface area contributed by atoms with Crippen LogP contribution in [0.15, 0.2) is 26.8 Å². The molecular weight excluding hydrogens is 382 g/mol. The molecule has 2 aliphatic rings. The van der Waals surface area contributed by atoms with Crippen LogP contribution in [-0.2, 0) is 13.6 Å². The molecule has 2 aromatic rings. The van der Waals surface area contributed by atoms with E-state index in [-0.39, 0.29) is 23.8 Å². The lowest BCUT2D eigenvalue weighted by Gasteiger charge is -2.32. The fourth-order valence-electron chi connectivity index (χ4n) is 4.32. The fourth-order valence-corrected chi connectivity index (χ4v) is 4.32. The van der Waals surface area contributed by atoms with Crippen molar-refractivity contribution in [2.45, 2.75) is 52.6 Å². The minimum absolute atomic E-state index is 0.100. The summed E-state index contributed by atoms with van der Waals surface area (Å²) >= 11 is 0. The van der Waals surface area contributed by atoms with Crippen LogP contribution < -0.4 is 16.3 Å². The van der Waals surface area contributed by atoms with Gasteiger partial charge in [0.1, 0.15) is 0 Å². The summed E-state index contributed by atoms with van der Waals surface area (Å²) in [5, 5.41) is 6.66. The maximum atomic E-state index is 13.3. The summed E-state index contributed by atoms with van der Waals surface area (Å²) < 4.78 is 4.68. The zero-order valence-electron chi connectivity index (χ0n) is 18.3. The molecule has 1 saturated heterocycles. The molecule has 162 valence electrons. The standard InChI is InChI=1S/C21H31N7O2/c1-5-6-12-26-19(29)17-18(24(4)21(26)30)22-20-27(23-15(2)16(3)28(17)20)14-13-25-10-8-7-9-11-25/h5-6,16H,7-14H2,1-4H3/b6-5+/t16-/m0/s1. The van der Waals surface area contributed by atoms with Gasteiger partial charge in [-0.25, -0.2) is 9.80 Å². The van der Waals surface area contributed by atoms with E-state index >= 15 is 0 Å². The van der Waals surface area contributed by atoms with Gasteiger partial charge in [-0.05, 0) is 46.7 Å². The third kappa shape index (κ3) is 3.40. The predicted molar refractivity (Wildman–Crippen MR) is 120 cm³/mol. The Morgan fingerprint density at radius 1 is 1.13 bits per heavy atom. The number of piperidine rings is 1. The van der Waals surface area contributed by atoms with Crippen LogP contribution in [0.1, 0.15) is 46.1 Å². The Morgan fingerprint density at radius 3 is 2.57 bits per heavy atom. The average molecular weight is 414 g/mol. The Bertz CT molecular complexity index is 1120. The molecule has 30 heavy (non-hydrogen) atoms. The van der Waals surface area contributed by atoms with Gasteiger partial charge in [-0.2, -0.15) is 10.1 Å². The van der Waals surface area contributed by atoms with Gasteiger partial charge in [-0.1, -0.05) is 18.6 Å². The van der Waals surface area contributed by atoms with Crippen molar-refractivity contribution >= 4 is 22.8 Å². The highest BCUT2D eigenvalue weighted by Crippen LogP contribution is 2.29. The van der Waals surface area contributed by atoms with Crippen molar-refractivity contribution < 1.29 is 0 Å². The number of rotatable bonds is 5. The summed E-state index contributed by atoms with van der Waals surface area (Å²) in [6.07, 6.45) is 7.43. The Kier molecular flexibility index (Phi) is 5.64. The molecule has 0 aromatic carbocycles. The Labute approximate surface area is 175 Å². The maximum Gasteiger partial charge on any atom is 0.332 e. The molecule has 0 N–H and O–H groups in total. The minimum atomic E-state index is -0.355. The van der Waals surface area contributed by atoms with E-state index in [9.17, 15) is 9.59 Å². The van der Waals surface area contributed by atoms with Crippen LogP contribution in [0.3, 0.4) is 0 Å². The van der Waals surface area contributed by atoms with Gasteiger partial charge in [0.15, 0.2) is 11.2 Å². The van der Waals surface area contributed by atoms with Crippen molar-refractivity contribution in [3.05, 3.63) is 33.0 Å². The monoisotopic (exact) mass is 413 g/mol. The van der Waals surface area contributed by atoms with Crippen molar-refractivity contribution in [3.63, 3.8) is 0 Å². The largest absolute Gasteiger partial charge is 0.332 e. The number of imidazole rings is 1. The molecule has 9 nitrogen and oxygen atoms in total. The second-order valence-corrected chi connectivity index (χ2v) is 8.22. The number of nitrogens with zero attached hydrogens (tertiary/aromatic N) is 7. The number of allylic oxidation sites excluding steroid dienone is 2. The lowest BCUT2D eigenvalue weighted by molar-refractivity contribution is 0.233. The molecule has 9 heteroatoms. The SMILES string of the molecule is C/C=C/Cn1c(=O)c2c(nc3n2[C@@H](C)C(C)=NN3CCN2CCCCC2)n(C)c1=O. The summed E-state index contributed by atoms with van der Waals surface area (Å²) in [7, 11) is 1.67. The molecular formula is C21H31N7O2. The van der Waals surface area contributed by atoms with Crippen molar-refractivity contribution in [2.75, 3.05) is 31.2 Å². The van der Waals surface area contributed by atoms with Crippen molar-refractivity contribution in [2.24, 2.45) is 12.1 Å². The number of fused-ring (bicyclic) bond motifs is 3. The average Bonchev–Trinajstić information content (AvgIpc) is 3.16. The van der Waals surface area contributed by atoms with E-state index in [2.05, 4.69) is 4.90 Å². The molecule has 2 aliphatic heterocycles. The highest BCUT2D eigenvalue weighted by Gasteiger charge is 2.30. The molecule has 0 unspecified atom stereocenters. The summed E-state index contributed by atoms with van der Waals surface area (Å²) in [5.41, 5.74) is 1.14. The fraction of sp³-hybridized carbons (Fsp3) is 0.619. The third-order valence-corrected chi connectivity index (χ3v) is 6.26. The quantitative estimate of drug-likeness (QED) is 0.697. The van der Waals surface area contributed by atoms with E-state index in [1.54, 1.807) is 7.05 Å². The first-order valence-electron chi connectivity index (χ1n) is 10.8. The van der Waals surface area contributed by atoms with Crippen molar-refractivity contribution in [3.8, 4) is 0 Å². The van der Waals surface area contributed by atoms with Crippen LogP contribution in [0, 0.1) is 0 Å². The molecule has 0 aliphatic carbocycles. The summed E-state index contributed by atoms with van der Waals surface area (Å²) in [4.78, 5) is 33.2. The van der Waals surface area contributed by atoms with E-state index in [1.165, 1.54) is 28.4 Å². The maximum absolute atomic E-state index is 13.3. The molecule has 0 saturated carbocycles. The molecule has 0 bridgehead atoms. The van der Waals surface area contributed by atoms with E-state index in [1.807, 2.05) is 42.5 Å². The predicted octanol–water partition coefficient (Wildman–Crippen LogP) is 1.72. The van der Waals surface area contributed by atoms with Crippen LogP contribution in [0.4, 0.5) is 5.95 Å². The molecule has 1 atom stereocenters. The number of aryl methyl sites for hydroxylation is 1. The lowest BCUT2D eigenvalue weighted by Crippen LogP contribution is -2.41. The molecule has 0 radical (unpaired) electrons. The summed E-state index contributed by atoms with van der Waals surface area (Å²) in [6.45, 7) is 9.96. The first kappa shape index (κ1) is 20.6. The lowest BCUT2D eigenvalue weighted by atomic mass is 10.1. The Balaban J connectivity index is 1.80. The van der Waals surface area contributed by atoms with Gasteiger partial charge in [0.25, 0.3) is 5.56 Å². The normalized spacial score (nSPS) is 20.2. The Morgan fingerprint density at radius 2 is 1.87 bits per heavy atom. The van der Waals surface area contributed by atoms with E-state index in [0.29, 0.717) is 23.7 Å². The molecule has 1 fully saturated rings. The summed E-state index contributed by atoms with van der Waals surface area (Å²) in [5.74, 6) is 0.635. The topological polar surface area (TPSA) is 80.7 Å². The number of anilines is 1. The first-order valence-corrected chi connectivity index (χ1v) is 10.8. The molecule has 2 aromatic heterocycles. The molecule has 0 spiro atoms. The number of aromatic nitrogens is 4. The first-order chi connectivity index (χ1) is 14.4. The van der Waals surface area contributed by atoms with Gasteiger partial charge in [-0.3, -0.25) is 18.5 Å². The van der Waals surface area contributed by atoms with Gasteiger partial charge < -0.3 is 4.90 Å². The highest BCUT2D eigenvalue weighted by atomic mass is 16.2. The van der Waals surface area contributed by atoms with Crippen LogP contribution >= 0.6 is 0 Å². The van der Waals surface area contributed by atoms with Crippen LogP contribution in [-0.4, -0.2) is 55.5 Å². The van der Waals surface area contributed by atoms with Gasteiger partial charge >= 0.3 is 5.69 Å². The Hall–Kier alpha value is -2.68. The van der Waals surface area contributed by atoms with E-state index < -0.39 is 0 Å². The summed E-state index contributed by atoms with van der Waals surface area (Å²) in [6, 6.07) is -0.100. The minimum Gasteiger partial charge on any atom is -0.301 e. The van der Waals surface area contributed by atoms with Gasteiger partial charge in [0.2, 0.25) is 5.95 Å². The van der Waals surface area contributed by atoms with Crippen LogP contribution in [0.2, 0.25) is 0 Å². The van der Waals surface area contributed by atoms with Gasteiger partial charge in [-0.15, -0.1) is 0 Å². The zero-order chi connectivity index (χ0) is 21.4. The second kappa shape index (κ2) is 8.22. The van der Waals surface area contributed by atoms with E-state index in [0.717, 1.165) is 25.3 Å².